The summed E-state index contributed by atoms with van der Waals surface area (Å²) in [4.78, 5) is 12.4. The Morgan fingerprint density at radius 2 is 1.96 bits per heavy atom. The fourth-order valence-electron chi connectivity index (χ4n) is 2.28. The lowest BCUT2D eigenvalue weighted by Gasteiger charge is -2.09. The van der Waals surface area contributed by atoms with Crippen LogP contribution in [0, 0.1) is 0 Å². The van der Waals surface area contributed by atoms with E-state index in [1.165, 1.54) is 7.11 Å². The van der Waals surface area contributed by atoms with E-state index in [0.29, 0.717) is 16.3 Å². The quantitative estimate of drug-likeness (QED) is 0.586. The molecule has 0 saturated heterocycles. The van der Waals surface area contributed by atoms with Crippen molar-refractivity contribution in [2.45, 2.75) is 26.2 Å². The highest BCUT2D eigenvalue weighted by molar-refractivity contribution is 6.31. The number of nitrogens with zero attached hydrogens (tertiary/aromatic N) is 1. The van der Waals surface area contributed by atoms with E-state index in [1.807, 2.05) is 30.3 Å². The fourth-order valence-corrected chi connectivity index (χ4v) is 2.45. The van der Waals surface area contributed by atoms with Crippen molar-refractivity contribution in [1.29, 1.82) is 0 Å². The van der Waals surface area contributed by atoms with Gasteiger partial charge in [-0.05, 0) is 36.6 Å². The number of methoxy groups -OCH3 is 1. The van der Waals surface area contributed by atoms with Crippen LogP contribution in [-0.4, -0.2) is 18.7 Å². The highest BCUT2D eigenvalue weighted by Gasteiger charge is 2.13. The van der Waals surface area contributed by atoms with Crippen LogP contribution in [0.2, 0.25) is 5.02 Å². The predicted molar refractivity (Wildman–Crippen MR) is 98.0 cm³/mol. The molecule has 2 aromatic carbocycles. The summed E-state index contributed by atoms with van der Waals surface area (Å²) in [5.41, 5.74) is 4.83. The second-order valence-electron chi connectivity index (χ2n) is 5.31. The number of halogens is 1. The number of carbonyl (C=O) groups is 1. The summed E-state index contributed by atoms with van der Waals surface area (Å²) < 4.78 is 5.21. The molecule has 5 heteroatoms. The molecule has 0 spiro atoms. The number of hydrogen-bond acceptors (Lipinski definition) is 3. The molecule has 1 amide bonds. The molecule has 0 saturated carbocycles. The third kappa shape index (κ3) is 4.83. The molecule has 0 atom stereocenters. The first-order valence-corrected chi connectivity index (χ1v) is 8.29. The number of unbranched alkanes of at least 4 members (excludes halogenated alkanes) is 1. The Labute approximate surface area is 147 Å². The summed E-state index contributed by atoms with van der Waals surface area (Å²) in [6.07, 6.45) is 2.86. The van der Waals surface area contributed by atoms with Crippen LogP contribution in [0.3, 0.4) is 0 Å². The van der Waals surface area contributed by atoms with Gasteiger partial charge in [0.25, 0.3) is 5.91 Å². The van der Waals surface area contributed by atoms with Crippen LogP contribution in [0.15, 0.2) is 53.6 Å². The van der Waals surface area contributed by atoms with Crippen molar-refractivity contribution in [3.05, 3.63) is 64.7 Å². The van der Waals surface area contributed by atoms with Gasteiger partial charge in [0.05, 0.1) is 18.4 Å². The van der Waals surface area contributed by atoms with Crippen LogP contribution < -0.4 is 10.2 Å². The van der Waals surface area contributed by atoms with Crippen LogP contribution in [0.25, 0.3) is 0 Å². The van der Waals surface area contributed by atoms with E-state index in [2.05, 4.69) is 17.5 Å². The molecule has 126 valence electrons. The molecule has 0 radical (unpaired) electrons. The Hall–Kier alpha value is -2.33. The van der Waals surface area contributed by atoms with Crippen molar-refractivity contribution in [2.24, 2.45) is 5.10 Å². The summed E-state index contributed by atoms with van der Waals surface area (Å²) in [5, 5.41) is 4.80. The van der Waals surface area contributed by atoms with Crippen LogP contribution in [0.1, 0.15) is 42.1 Å². The van der Waals surface area contributed by atoms with Crippen molar-refractivity contribution < 1.29 is 9.53 Å². The van der Waals surface area contributed by atoms with Gasteiger partial charge < -0.3 is 4.74 Å². The number of carbonyl (C=O) groups excluding carboxylic acids is 1. The summed E-state index contributed by atoms with van der Waals surface area (Å²) in [6.45, 7) is 2.12. The average Bonchev–Trinajstić information content (AvgIpc) is 2.62. The third-order valence-electron chi connectivity index (χ3n) is 3.57. The van der Waals surface area contributed by atoms with Gasteiger partial charge in [0.2, 0.25) is 0 Å². The first-order chi connectivity index (χ1) is 11.7. The Morgan fingerprint density at radius 3 is 2.62 bits per heavy atom. The summed E-state index contributed by atoms with van der Waals surface area (Å²) in [7, 11) is 1.51. The number of amides is 1. The molecule has 0 bridgehead atoms. The first-order valence-electron chi connectivity index (χ1n) is 7.91. The first kappa shape index (κ1) is 18.0. The normalized spacial score (nSPS) is 11.2. The molecule has 0 aliphatic carbocycles. The summed E-state index contributed by atoms with van der Waals surface area (Å²) in [6, 6.07) is 14.8. The standard InChI is InChI=1S/C19H21ClN2O2/c1-3-4-10-17(14-8-6-5-7-9-14)21-22-19(23)16-13-15(20)11-12-18(16)24-2/h5-9,11-13H,3-4,10H2,1-2H3,(H,22,23)/b21-17+. The van der Waals surface area contributed by atoms with Crippen LogP contribution in [0.4, 0.5) is 0 Å². The van der Waals surface area contributed by atoms with Crippen LogP contribution in [-0.2, 0) is 0 Å². The van der Waals surface area contributed by atoms with Crippen molar-refractivity contribution >= 4 is 23.2 Å². The van der Waals surface area contributed by atoms with E-state index in [4.69, 9.17) is 16.3 Å². The highest BCUT2D eigenvalue weighted by atomic mass is 35.5. The highest BCUT2D eigenvalue weighted by Crippen LogP contribution is 2.22. The molecule has 24 heavy (non-hydrogen) atoms. The van der Waals surface area contributed by atoms with Gasteiger partial charge in [0, 0.05) is 5.02 Å². The van der Waals surface area contributed by atoms with Gasteiger partial charge in [-0.1, -0.05) is 55.3 Å². The molecule has 0 aliphatic rings. The van der Waals surface area contributed by atoms with E-state index >= 15 is 0 Å². The Bertz CT molecular complexity index is 715. The lowest BCUT2D eigenvalue weighted by Crippen LogP contribution is -2.21. The Morgan fingerprint density at radius 1 is 1.21 bits per heavy atom. The zero-order valence-electron chi connectivity index (χ0n) is 13.9. The minimum absolute atomic E-state index is 0.348. The number of benzene rings is 2. The Kier molecular flexibility index (Phi) is 6.82. The minimum Gasteiger partial charge on any atom is -0.496 e. The largest absolute Gasteiger partial charge is 0.496 e. The average molecular weight is 345 g/mol. The van der Waals surface area contributed by atoms with Crippen molar-refractivity contribution in [3.63, 3.8) is 0 Å². The van der Waals surface area contributed by atoms with Gasteiger partial charge in [0.1, 0.15) is 5.75 Å². The van der Waals surface area contributed by atoms with E-state index in [9.17, 15) is 4.79 Å². The van der Waals surface area contributed by atoms with Crippen LogP contribution >= 0.6 is 11.6 Å². The zero-order chi connectivity index (χ0) is 17.4. The topological polar surface area (TPSA) is 50.7 Å². The smallest absolute Gasteiger partial charge is 0.275 e. The second-order valence-corrected chi connectivity index (χ2v) is 5.75. The number of hydrogen-bond donors (Lipinski definition) is 1. The van der Waals surface area contributed by atoms with Gasteiger partial charge in [-0.15, -0.1) is 0 Å². The molecule has 2 rings (SSSR count). The second kappa shape index (κ2) is 9.08. The maximum absolute atomic E-state index is 12.4. The van der Waals surface area contributed by atoms with Crippen molar-refractivity contribution in [2.75, 3.05) is 7.11 Å². The summed E-state index contributed by atoms with van der Waals surface area (Å²) >= 11 is 5.97. The number of rotatable bonds is 7. The van der Waals surface area contributed by atoms with Crippen molar-refractivity contribution in [3.8, 4) is 5.75 Å². The van der Waals surface area contributed by atoms with Crippen LogP contribution in [0.5, 0.6) is 5.75 Å². The molecule has 0 fully saturated rings. The van der Waals surface area contributed by atoms with E-state index in [1.54, 1.807) is 18.2 Å². The number of hydrazone groups is 1. The SMILES string of the molecule is CCCC/C(=N\NC(=O)c1cc(Cl)ccc1OC)c1ccccc1. The van der Waals surface area contributed by atoms with Gasteiger partial charge in [-0.3, -0.25) is 4.79 Å². The molecule has 1 N–H and O–H groups in total. The molecule has 2 aromatic rings. The minimum atomic E-state index is -0.348. The number of nitrogens with one attached hydrogen (secondary N) is 1. The van der Waals surface area contributed by atoms with Gasteiger partial charge >= 0.3 is 0 Å². The fraction of sp³-hybridized carbons (Fsp3) is 0.263. The molecular formula is C19H21ClN2O2. The van der Waals surface area contributed by atoms with Gasteiger partial charge in [-0.25, -0.2) is 5.43 Å². The molecule has 0 aromatic heterocycles. The maximum Gasteiger partial charge on any atom is 0.275 e. The van der Waals surface area contributed by atoms with Gasteiger partial charge in [0.15, 0.2) is 0 Å². The maximum atomic E-state index is 12.4. The monoisotopic (exact) mass is 344 g/mol. The van der Waals surface area contributed by atoms with Crippen molar-refractivity contribution in [1.82, 2.24) is 5.43 Å². The number of ether oxygens (including phenoxy) is 1. The molecule has 0 aliphatic heterocycles. The zero-order valence-corrected chi connectivity index (χ0v) is 14.6. The predicted octanol–water partition coefficient (Wildman–Crippen LogP) is 4.67. The van der Waals surface area contributed by atoms with E-state index in [-0.39, 0.29) is 5.91 Å². The lowest BCUT2D eigenvalue weighted by molar-refractivity contribution is 0.0951. The molecular weight excluding hydrogens is 324 g/mol. The lowest BCUT2D eigenvalue weighted by atomic mass is 10.1. The van der Waals surface area contributed by atoms with E-state index < -0.39 is 0 Å². The summed E-state index contributed by atoms with van der Waals surface area (Å²) in [5.74, 6) is 0.112. The molecule has 4 nitrogen and oxygen atoms in total. The van der Waals surface area contributed by atoms with Gasteiger partial charge in [-0.2, -0.15) is 5.10 Å². The Balaban J connectivity index is 2.22. The van der Waals surface area contributed by atoms with E-state index in [0.717, 1.165) is 30.5 Å². The third-order valence-corrected chi connectivity index (χ3v) is 3.81. The molecule has 0 heterocycles. The molecule has 0 unspecified atom stereocenters.